The zero-order valence-electron chi connectivity index (χ0n) is 15.1. The number of carbonyl (C=O) groups excluding carboxylic acids is 1. The largest absolute Gasteiger partial charge is 0.455 e. The zero-order chi connectivity index (χ0) is 19.0. The summed E-state index contributed by atoms with van der Waals surface area (Å²) in [5, 5.41) is 19.4. The van der Waals surface area contributed by atoms with E-state index in [1.54, 1.807) is 19.2 Å². The summed E-state index contributed by atoms with van der Waals surface area (Å²) in [6, 6.07) is 18.7. The molecule has 0 aliphatic carbocycles. The maximum absolute atomic E-state index is 13.3. The van der Waals surface area contributed by atoms with Crippen molar-refractivity contribution >= 4 is 11.4 Å². The number of hydrogen-bond acceptors (Lipinski definition) is 4. The monoisotopic (exact) mass is 361 g/mol. The number of nitrogens with zero attached hydrogens (tertiary/aromatic N) is 2. The summed E-state index contributed by atoms with van der Waals surface area (Å²) < 4.78 is 6.10. The number of ketones is 1. The molecule has 2 heterocycles. The molecule has 1 N–H and O–H groups in total. The minimum atomic E-state index is -0.542. The lowest BCUT2D eigenvalue weighted by atomic mass is 9.99. The fraction of sp³-hybridized carbons (Fsp3) is 0.273. The highest BCUT2D eigenvalue weighted by Crippen LogP contribution is 2.46. The van der Waals surface area contributed by atoms with Crippen molar-refractivity contribution in [3.63, 3.8) is 0 Å². The molecule has 5 heteroatoms. The van der Waals surface area contributed by atoms with Crippen molar-refractivity contribution in [2.45, 2.75) is 25.1 Å². The number of ether oxygens (including phenoxy) is 1. The van der Waals surface area contributed by atoms with Crippen molar-refractivity contribution in [1.82, 2.24) is 0 Å². The maximum Gasteiger partial charge on any atom is 0.304 e. The van der Waals surface area contributed by atoms with Crippen LogP contribution in [0.25, 0.3) is 5.57 Å². The fourth-order valence-corrected chi connectivity index (χ4v) is 4.50. The van der Waals surface area contributed by atoms with E-state index < -0.39 is 6.10 Å². The van der Waals surface area contributed by atoms with Crippen LogP contribution < -0.4 is 0 Å². The number of carbonyl (C=O) groups is 1. The molecule has 4 rings (SSSR count). The van der Waals surface area contributed by atoms with Gasteiger partial charge in [0.05, 0.1) is 18.7 Å². The quantitative estimate of drug-likeness (QED) is 0.850. The Morgan fingerprint density at radius 1 is 1.19 bits per heavy atom. The number of methoxy groups -OCH3 is 1. The topological polar surface area (TPSA) is 70.3 Å². The number of aliphatic hydroxyl groups excluding tert-OH is 1. The number of hydrogen-bond donors (Lipinski definition) is 1. The average Bonchev–Trinajstić information content (AvgIpc) is 3.13. The first-order valence-corrected chi connectivity index (χ1v) is 9.01. The van der Waals surface area contributed by atoms with Gasteiger partial charge in [-0.25, -0.2) is 4.48 Å². The molecule has 0 saturated carbocycles. The summed E-state index contributed by atoms with van der Waals surface area (Å²) in [7, 11) is 1.59. The molecule has 27 heavy (non-hydrogen) atoms. The first-order chi connectivity index (χ1) is 13.1. The molecule has 3 unspecified atom stereocenters. The molecule has 0 aromatic heterocycles. The number of Topliss-reactive ketones (excluding diaryl/α,β-unsaturated/α-hetero) is 1. The summed E-state index contributed by atoms with van der Waals surface area (Å²) in [6.45, 7) is 0.981. The Labute approximate surface area is 158 Å². The van der Waals surface area contributed by atoms with Crippen molar-refractivity contribution < 1.29 is 19.1 Å². The van der Waals surface area contributed by atoms with Crippen LogP contribution in [-0.4, -0.2) is 41.2 Å². The highest BCUT2D eigenvalue weighted by molar-refractivity contribution is 6.24. The third kappa shape index (κ3) is 2.74. The summed E-state index contributed by atoms with van der Waals surface area (Å²) in [5.74, 6) is 0.653. The Hall–Kier alpha value is -2.94. The number of rotatable bonds is 4. The van der Waals surface area contributed by atoms with Gasteiger partial charge < -0.3 is 9.84 Å². The number of aliphatic hydroxyl groups is 1. The van der Waals surface area contributed by atoms with Crippen LogP contribution in [0.2, 0.25) is 0 Å². The van der Waals surface area contributed by atoms with Gasteiger partial charge in [0.15, 0.2) is 6.04 Å². The van der Waals surface area contributed by atoms with Gasteiger partial charge in [-0.2, -0.15) is 5.26 Å². The maximum atomic E-state index is 13.3. The summed E-state index contributed by atoms with van der Waals surface area (Å²) >= 11 is 0. The highest BCUT2D eigenvalue weighted by Gasteiger charge is 2.61. The smallest absolute Gasteiger partial charge is 0.304 e. The van der Waals surface area contributed by atoms with Crippen molar-refractivity contribution in [3.8, 4) is 6.07 Å². The van der Waals surface area contributed by atoms with E-state index in [0.29, 0.717) is 41.0 Å². The lowest BCUT2D eigenvalue weighted by molar-refractivity contribution is -0.918. The minimum absolute atomic E-state index is 0.0308. The number of quaternary nitrogens is 1. The summed E-state index contributed by atoms with van der Waals surface area (Å²) in [4.78, 5) is 13.3. The lowest BCUT2D eigenvalue weighted by Gasteiger charge is -2.34. The Bertz CT molecular complexity index is 944. The van der Waals surface area contributed by atoms with E-state index in [4.69, 9.17) is 10.00 Å². The molecule has 0 spiro atoms. The van der Waals surface area contributed by atoms with Crippen LogP contribution in [0.5, 0.6) is 0 Å². The zero-order valence-corrected chi connectivity index (χ0v) is 15.1. The predicted molar refractivity (Wildman–Crippen MR) is 99.8 cm³/mol. The Morgan fingerprint density at radius 3 is 2.52 bits per heavy atom. The second kappa shape index (κ2) is 6.66. The Kier molecular flexibility index (Phi) is 4.31. The molecular formula is C22H21N2O3+. The molecule has 1 saturated heterocycles. The average molecular weight is 361 g/mol. The third-order valence-electron chi connectivity index (χ3n) is 5.60. The summed E-state index contributed by atoms with van der Waals surface area (Å²) in [5.41, 5.74) is 3.07. The molecular weight excluding hydrogens is 340 g/mol. The van der Waals surface area contributed by atoms with Crippen molar-refractivity contribution in [1.29, 1.82) is 5.26 Å². The molecule has 0 radical (unpaired) electrons. The van der Waals surface area contributed by atoms with Gasteiger partial charge in [0.2, 0.25) is 5.78 Å². The van der Waals surface area contributed by atoms with E-state index in [-0.39, 0.29) is 11.8 Å². The van der Waals surface area contributed by atoms with E-state index in [9.17, 15) is 9.90 Å². The van der Waals surface area contributed by atoms with Crippen LogP contribution >= 0.6 is 0 Å². The second-order valence-corrected chi connectivity index (χ2v) is 7.20. The normalized spacial score (nSPS) is 26.8. The molecule has 1 fully saturated rings. The first-order valence-electron chi connectivity index (χ1n) is 9.01. The van der Waals surface area contributed by atoms with Crippen molar-refractivity contribution in [2.24, 2.45) is 0 Å². The Morgan fingerprint density at radius 2 is 1.89 bits per heavy atom. The molecule has 2 aromatic carbocycles. The van der Waals surface area contributed by atoms with Crippen LogP contribution in [0.4, 0.5) is 0 Å². The molecule has 3 atom stereocenters. The summed E-state index contributed by atoms with van der Waals surface area (Å²) in [6.07, 6.45) is -0.113. The number of nitriles is 1. The van der Waals surface area contributed by atoms with Gasteiger partial charge >= 0.3 is 5.88 Å². The third-order valence-corrected chi connectivity index (χ3v) is 5.60. The van der Waals surface area contributed by atoms with Gasteiger partial charge in [0.1, 0.15) is 24.8 Å². The SMILES string of the molecule is COC1=C(c2ccccc2)C(=O)C2CC(O)C[N+]12Cc1ccc(C#N)cc1. The number of benzene rings is 2. The standard InChI is InChI=1S/C22H21N2O3/c1-27-22-20(17-5-3-2-4-6-17)21(26)19-11-18(25)14-24(19,22)13-16-9-7-15(12-23)8-10-16/h2-10,18-19,25H,11,13-14H2,1H3/q+1. The van der Waals surface area contributed by atoms with Gasteiger partial charge in [-0.3, -0.25) is 4.79 Å². The van der Waals surface area contributed by atoms with Crippen molar-refractivity contribution in [2.75, 3.05) is 13.7 Å². The van der Waals surface area contributed by atoms with Crippen LogP contribution in [0, 0.1) is 11.3 Å². The van der Waals surface area contributed by atoms with E-state index in [2.05, 4.69) is 6.07 Å². The van der Waals surface area contributed by atoms with E-state index in [1.165, 1.54) is 0 Å². The van der Waals surface area contributed by atoms with E-state index >= 15 is 0 Å². The molecule has 2 aliphatic rings. The van der Waals surface area contributed by atoms with E-state index in [0.717, 1.165) is 11.1 Å². The lowest BCUT2D eigenvalue weighted by Crippen LogP contribution is -2.49. The van der Waals surface area contributed by atoms with Crippen LogP contribution in [0.1, 0.15) is 23.1 Å². The minimum Gasteiger partial charge on any atom is -0.455 e. The van der Waals surface area contributed by atoms with Gasteiger partial charge in [0.25, 0.3) is 0 Å². The molecule has 0 bridgehead atoms. The molecule has 136 valence electrons. The van der Waals surface area contributed by atoms with Gasteiger partial charge in [0, 0.05) is 12.0 Å². The molecule has 2 aromatic rings. The Balaban J connectivity index is 1.82. The number of fused-ring (bicyclic) bond motifs is 1. The predicted octanol–water partition coefficient (Wildman–Crippen LogP) is 2.61. The molecule has 0 amide bonds. The van der Waals surface area contributed by atoms with Crippen molar-refractivity contribution in [3.05, 3.63) is 77.2 Å². The molecule has 5 nitrogen and oxygen atoms in total. The van der Waals surface area contributed by atoms with E-state index in [1.807, 2.05) is 42.5 Å². The van der Waals surface area contributed by atoms with Gasteiger partial charge in [-0.15, -0.1) is 0 Å². The van der Waals surface area contributed by atoms with Gasteiger partial charge in [-0.1, -0.05) is 42.5 Å². The van der Waals surface area contributed by atoms with Crippen LogP contribution in [0.3, 0.4) is 0 Å². The fourth-order valence-electron chi connectivity index (χ4n) is 4.50. The van der Waals surface area contributed by atoms with Crippen LogP contribution in [0.15, 0.2) is 60.5 Å². The van der Waals surface area contributed by atoms with Gasteiger partial charge in [-0.05, 0) is 17.7 Å². The van der Waals surface area contributed by atoms with Crippen LogP contribution in [-0.2, 0) is 16.1 Å². The first kappa shape index (κ1) is 17.5. The second-order valence-electron chi connectivity index (χ2n) is 7.20. The highest BCUT2D eigenvalue weighted by atomic mass is 16.5. The molecule has 2 aliphatic heterocycles.